The van der Waals surface area contributed by atoms with E-state index in [1.165, 1.54) is 18.2 Å². The van der Waals surface area contributed by atoms with E-state index in [2.05, 4.69) is 25.0 Å². The molecule has 3 N–H and O–H groups in total. The summed E-state index contributed by atoms with van der Waals surface area (Å²) in [6.45, 7) is 1.88. The van der Waals surface area contributed by atoms with Gasteiger partial charge in [-0.1, -0.05) is 0 Å². The van der Waals surface area contributed by atoms with Gasteiger partial charge < -0.3 is 14.6 Å². The van der Waals surface area contributed by atoms with Crippen LogP contribution in [0.2, 0.25) is 0 Å². The van der Waals surface area contributed by atoms with Crippen LogP contribution in [-0.4, -0.2) is 37.5 Å². The lowest BCUT2D eigenvalue weighted by Gasteiger charge is -2.14. The molecule has 160 valence electrons. The zero-order valence-electron chi connectivity index (χ0n) is 17.0. The van der Waals surface area contributed by atoms with Crippen LogP contribution in [0.25, 0.3) is 11.1 Å². The number of hydrogen-bond donors (Lipinski definition) is 3. The Kier molecular flexibility index (Phi) is 5.11. The Labute approximate surface area is 178 Å². The minimum Gasteiger partial charge on any atom is -0.408 e. The van der Waals surface area contributed by atoms with Gasteiger partial charge in [-0.15, -0.1) is 0 Å². The molecule has 0 amide bonds. The molecule has 31 heavy (non-hydrogen) atoms. The molecule has 10 nitrogen and oxygen atoms in total. The summed E-state index contributed by atoms with van der Waals surface area (Å²) < 4.78 is 32.8. The van der Waals surface area contributed by atoms with Gasteiger partial charge in [0.05, 0.1) is 10.4 Å². The van der Waals surface area contributed by atoms with Gasteiger partial charge >= 0.3 is 5.76 Å². The van der Waals surface area contributed by atoms with Crippen molar-refractivity contribution < 1.29 is 12.8 Å². The lowest BCUT2D eigenvalue weighted by molar-refractivity contribution is 0.555. The summed E-state index contributed by atoms with van der Waals surface area (Å²) in [6.07, 6.45) is 0. The van der Waals surface area contributed by atoms with Crippen molar-refractivity contribution in [2.75, 3.05) is 29.0 Å². The van der Waals surface area contributed by atoms with Crippen LogP contribution >= 0.6 is 0 Å². The predicted octanol–water partition coefficient (Wildman–Crippen LogP) is 2.83. The third-order valence-corrected chi connectivity index (χ3v) is 5.77. The molecule has 0 bridgehead atoms. The first-order valence-electron chi connectivity index (χ1n) is 9.25. The van der Waals surface area contributed by atoms with E-state index in [0.29, 0.717) is 22.8 Å². The second-order valence-electron chi connectivity index (χ2n) is 7.07. The van der Waals surface area contributed by atoms with Crippen molar-refractivity contribution in [2.45, 2.75) is 11.8 Å². The number of aromatic amines is 1. The highest BCUT2D eigenvalue weighted by atomic mass is 32.2. The lowest BCUT2D eigenvalue weighted by Crippen LogP contribution is -2.13. The van der Waals surface area contributed by atoms with Crippen molar-refractivity contribution in [1.29, 1.82) is 0 Å². The molecule has 0 radical (unpaired) electrons. The Hall–Kier alpha value is -3.86. The molecule has 0 fully saturated rings. The summed E-state index contributed by atoms with van der Waals surface area (Å²) in [5.74, 6) is 0.575. The largest absolute Gasteiger partial charge is 0.417 e. The summed E-state index contributed by atoms with van der Waals surface area (Å²) in [6, 6.07) is 12.7. The van der Waals surface area contributed by atoms with E-state index in [9.17, 15) is 13.2 Å². The van der Waals surface area contributed by atoms with Crippen molar-refractivity contribution in [2.24, 2.45) is 0 Å². The van der Waals surface area contributed by atoms with E-state index in [4.69, 9.17) is 4.42 Å². The molecule has 2 aromatic heterocycles. The number of rotatable bonds is 6. The van der Waals surface area contributed by atoms with Gasteiger partial charge in [0.1, 0.15) is 5.82 Å². The highest BCUT2D eigenvalue weighted by Gasteiger charge is 2.16. The Balaban J connectivity index is 1.52. The quantitative estimate of drug-likeness (QED) is 0.417. The molecular formula is C20H20N6O4S. The van der Waals surface area contributed by atoms with Gasteiger partial charge in [0.2, 0.25) is 5.95 Å². The number of hydrogen-bond acceptors (Lipinski definition) is 8. The number of oxazole rings is 1. The molecule has 0 atom stereocenters. The molecule has 0 aliphatic rings. The molecule has 4 rings (SSSR count). The van der Waals surface area contributed by atoms with Gasteiger partial charge in [0.15, 0.2) is 5.58 Å². The Morgan fingerprint density at radius 1 is 1.00 bits per heavy atom. The maximum atomic E-state index is 12.7. The second kappa shape index (κ2) is 7.76. The molecule has 0 saturated heterocycles. The minimum atomic E-state index is -3.85. The molecule has 2 aromatic carbocycles. The van der Waals surface area contributed by atoms with E-state index in [0.717, 1.165) is 11.5 Å². The van der Waals surface area contributed by atoms with Crippen molar-refractivity contribution >= 4 is 44.3 Å². The van der Waals surface area contributed by atoms with Crippen molar-refractivity contribution in [3.05, 3.63) is 64.8 Å². The molecule has 0 aliphatic heterocycles. The van der Waals surface area contributed by atoms with E-state index < -0.39 is 15.8 Å². The Bertz CT molecular complexity index is 1410. The number of benzene rings is 2. The van der Waals surface area contributed by atoms with Crippen LogP contribution in [0.3, 0.4) is 0 Å². The maximum Gasteiger partial charge on any atom is 0.417 e. The minimum absolute atomic E-state index is 0.00336. The van der Waals surface area contributed by atoms with Crippen molar-refractivity contribution in [3.8, 4) is 0 Å². The number of aryl methyl sites for hydroxylation is 1. The zero-order chi connectivity index (χ0) is 22.2. The summed E-state index contributed by atoms with van der Waals surface area (Å²) in [7, 11) is -0.0579. The zero-order valence-corrected chi connectivity index (χ0v) is 17.8. The van der Waals surface area contributed by atoms with Gasteiger partial charge in [-0.2, -0.15) is 4.98 Å². The number of H-pyrrole nitrogens is 1. The molecule has 0 unspecified atom stereocenters. The Morgan fingerprint density at radius 2 is 1.71 bits per heavy atom. The van der Waals surface area contributed by atoms with Crippen LogP contribution < -0.4 is 20.7 Å². The average molecular weight is 440 g/mol. The molecule has 0 saturated carbocycles. The number of aromatic nitrogens is 3. The average Bonchev–Trinajstić information content (AvgIpc) is 3.08. The fourth-order valence-corrected chi connectivity index (χ4v) is 3.98. The van der Waals surface area contributed by atoms with Crippen LogP contribution in [0, 0.1) is 6.92 Å². The normalized spacial score (nSPS) is 11.5. The van der Waals surface area contributed by atoms with E-state index in [-0.39, 0.29) is 10.5 Å². The SMILES string of the molecule is Cc1cc(N(C)C)nc(Nc2ccc(NS(=O)(=O)c3ccc4oc(=O)[nH]c4c3)cc2)n1. The molecule has 0 spiro atoms. The predicted molar refractivity (Wildman–Crippen MR) is 118 cm³/mol. The standard InChI is InChI=1S/C20H20N6O4S/c1-12-10-18(26(2)3)24-19(21-12)22-13-4-6-14(7-5-13)25-31(28,29)15-8-9-17-16(11-15)23-20(27)30-17/h4-11,25H,1-3H3,(H,23,27)(H,21,22,24). The first-order valence-corrected chi connectivity index (χ1v) is 10.7. The topological polar surface area (TPSA) is 133 Å². The van der Waals surface area contributed by atoms with Gasteiger partial charge in [-0.25, -0.2) is 18.2 Å². The van der Waals surface area contributed by atoms with E-state index in [1.807, 2.05) is 32.0 Å². The first kappa shape index (κ1) is 20.4. The third kappa shape index (κ3) is 4.51. The monoisotopic (exact) mass is 440 g/mol. The summed E-state index contributed by atoms with van der Waals surface area (Å²) in [4.78, 5) is 24.4. The van der Waals surface area contributed by atoms with Crippen LogP contribution in [0.4, 0.5) is 23.1 Å². The number of fused-ring (bicyclic) bond motifs is 1. The fourth-order valence-electron chi connectivity index (χ4n) is 2.90. The fraction of sp³-hybridized carbons (Fsp3) is 0.150. The van der Waals surface area contributed by atoms with Crippen LogP contribution in [0.15, 0.2) is 62.6 Å². The maximum absolute atomic E-state index is 12.7. The van der Waals surface area contributed by atoms with E-state index >= 15 is 0 Å². The second-order valence-corrected chi connectivity index (χ2v) is 8.75. The summed E-state index contributed by atoms with van der Waals surface area (Å²) in [5, 5.41) is 3.11. The van der Waals surface area contributed by atoms with Crippen LogP contribution in [0.5, 0.6) is 0 Å². The Morgan fingerprint density at radius 3 is 2.42 bits per heavy atom. The molecule has 11 heteroatoms. The first-order chi connectivity index (χ1) is 14.7. The molecule has 0 aliphatic carbocycles. The van der Waals surface area contributed by atoms with Gasteiger partial charge in [-0.3, -0.25) is 9.71 Å². The number of nitrogens with zero attached hydrogens (tertiary/aromatic N) is 3. The van der Waals surface area contributed by atoms with E-state index in [1.54, 1.807) is 24.3 Å². The van der Waals surface area contributed by atoms with Crippen molar-refractivity contribution in [3.63, 3.8) is 0 Å². The summed E-state index contributed by atoms with van der Waals surface area (Å²) in [5.41, 5.74) is 2.50. The van der Waals surface area contributed by atoms with Crippen LogP contribution in [0.1, 0.15) is 5.69 Å². The van der Waals surface area contributed by atoms with Crippen LogP contribution in [-0.2, 0) is 10.0 Å². The lowest BCUT2D eigenvalue weighted by atomic mass is 10.3. The summed E-state index contributed by atoms with van der Waals surface area (Å²) >= 11 is 0. The highest BCUT2D eigenvalue weighted by molar-refractivity contribution is 7.92. The van der Waals surface area contributed by atoms with Gasteiger partial charge in [0, 0.05) is 37.2 Å². The molecule has 4 aromatic rings. The third-order valence-electron chi connectivity index (χ3n) is 4.39. The number of sulfonamides is 1. The van der Waals surface area contributed by atoms with Gasteiger partial charge in [0.25, 0.3) is 10.0 Å². The smallest absolute Gasteiger partial charge is 0.408 e. The van der Waals surface area contributed by atoms with Gasteiger partial charge in [-0.05, 0) is 49.4 Å². The molecule has 2 heterocycles. The number of nitrogens with one attached hydrogen (secondary N) is 3. The van der Waals surface area contributed by atoms with Crippen molar-refractivity contribution in [1.82, 2.24) is 15.0 Å². The molecular weight excluding hydrogens is 420 g/mol. The number of anilines is 4. The highest BCUT2D eigenvalue weighted by Crippen LogP contribution is 2.22.